The lowest BCUT2D eigenvalue weighted by molar-refractivity contribution is -0.126. The van der Waals surface area contributed by atoms with Crippen LogP contribution in [0.1, 0.15) is 111 Å². The zero-order chi connectivity index (χ0) is 25.5. The Morgan fingerprint density at radius 2 is 1.88 bits per heavy atom. The van der Waals surface area contributed by atoms with Gasteiger partial charge in [0.25, 0.3) is 0 Å². The minimum Gasteiger partial charge on any atom is -0.356 e. The second-order valence-electron chi connectivity index (χ2n) is 7.59. The van der Waals surface area contributed by atoms with E-state index in [1.54, 1.807) is 6.92 Å². The number of aromatic nitrogens is 2. The first-order valence-corrected chi connectivity index (χ1v) is 12.3. The van der Waals surface area contributed by atoms with E-state index in [9.17, 15) is 4.79 Å². The van der Waals surface area contributed by atoms with Gasteiger partial charge in [0.15, 0.2) is 0 Å². The van der Waals surface area contributed by atoms with Crippen LogP contribution in [-0.4, -0.2) is 28.1 Å². The molecule has 1 aliphatic rings. The summed E-state index contributed by atoms with van der Waals surface area (Å²) in [4.78, 5) is 18.5. The van der Waals surface area contributed by atoms with E-state index in [4.69, 9.17) is 11.1 Å². The Morgan fingerprint density at radius 1 is 1.28 bits per heavy atom. The second-order valence-corrected chi connectivity index (χ2v) is 7.59. The van der Waals surface area contributed by atoms with Crippen molar-refractivity contribution in [2.75, 3.05) is 6.54 Å². The third-order valence-corrected chi connectivity index (χ3v) is 4.98. The molecule has 3 unspecified atom stereocenters. The average molecular weight is 450 g/mol. The highest BCUT2D eigenvalue weighted by Crippen LogP contribution is 2.18. The summed E-state index contributed by atoms with van der Waals surface area (Å²) in [7, 11) is 0. The predicted octanol–water partition coefficient (Wildman–Crippen LogP) is 6.18. The molecule has 2 heterocycles. The number of imidazole rings is 1. The number of nitrogens with two attached hydrogens (primary N) is 1. The van der Waals surface area contributed by atoms with Crippen LogP contribution in [0.15, 0.2) is 6.20 Å². The van der Waals surface area contributed by atoms with Crippen molar-refractivity contribution < 1.29 is 4.79 Å². The van der Waals surface area contributed by atoms with Crippen LogP contribution < -0.4 is 11.1 Å². The van der Waals surface area contributed by atoms with E-state index in [2.05, 4.69) is 42.0 Å². The Morgan fingerprint density at radius 3 is 2.31 bits per heavy atom. The Balaban J connectivity index is -0.000000437. The van der Waals surface area contributed by atoms with Gasteiger partial charge < -0.3 is 21.4 Å². The van der Waals surface area contributed by atoms with Gasteiger partial charge in [-0.2, -0.15) is 0 Å². The maximum absolute atomic E-state index is 11.1. The SMILES string of the molecule is C#C.CC.CC.CC(=N)CC1CCCNC1=O.CCC(C)CCCC(N)c1cnc(C)[nH]1. The van der Waals surface area contributed by atoms with Gasteiger partial charge in [0.1, 0.15) is 5.82 Å². The summed E-state index contributed by atoms with van der Waals surface area (Å²) in [5.74, 6) is 1.96. The number of hydrogen-bond acceptors (Lipinski definition) is 4. The quantitative estimate of drug-likeness (QED) is 0.281. The minimum atomic E-state index is 0.0706. The van der Waals surface area contributed by atoms with Crippen LogP contribution in [0, 0.1) is 37.0 Å². The monoisotopic (exact) mass is 449 g/mol. The molecule has 6 nitrogen and oxygen atoms in total. The number of carbonyl (C=O) groups excluding carboxylic acids is 1. The molecule has 0 saturated carbocycles. The van der Waals surface area contributed by atoms with Gasteiger partial charge in [-0.1, -0.05) is 60.8 Å². The third-order valence-electron chi connectivity index (χ3n) is 4.98. The number of H-pyrrole nitrogens is 1. The molecule has 1 aromatic heterocycles. The second kappa shape index (κ2) is 23.5. The van der Waals surface area contributed by atoms with E-state index in [0.717, 1.165) is 43.2 Å². The largest absolute Gasteiger partial charge is 0.356 e. The first kappa shape index (κ1) is 34.5. The van der Waals surface area contributed by atoms with Crippen molar-refractivity contribution in [2.45, 2.75) is 106 Å². The molecule has 1 aromatic rings. The molecule has 5 N–H and O–H groups in total. The lowest BCUT2D eigenvalue weighted by Gasteiger charge is -2.20. The summed E-state index contributed by atoms with van der Waals surface area (Å²) in [6, 6.07) is 0.121. The van der Waals surface area contributed by atoms with Crippen molar-refractivity contribution in [1.29, 1.82) is 5.41 Å². The van der Waals surface area contributed by atoms with Crippen molar-refractivity contribution in [3.8, 4) is 12.8 Å². The molecule has 1 saturated heterocycles. The standard InChI is InChI=1S/C12H23N3.C8H14N2O.2C2H6.C2H2/c1-4-9(2)6-5-7-11(13)12-8-14-10(3)15-12;1-6(9)5-7-3-2-4-10-8(7)11;3*1-2/h8-9,11H,4-7,13H2,1-3H3,(H,14,15);7,9H,2-5H2,1H3,(H,10,11);2*1-2H3;1-2H. The van der Waals surface area contributed by atoms with Gasteiger partial charge in [-0.05, 0) is 45.4 Å². The first-order chi connectivity index (χ1) is 15.3. The van der Waals surface area contributed by atoms with E-state index < -0.39 is 0 Å². The summed E-state index contributed by atoms with van der Waals surface area (Å²) in [6.07, 6.45) is 17.3. The highest BCUT2D eigenvalue weighted by Gasteiger charge is 2.21. The number of rotatable bonds is 8. The molecule has 0 aromatic carbocycles. The maximum Gasteiger partial charge on any atom is 0.223 e. The number of nitrogens with one attached hydrogen (secondary N) is 3. The number of hydrogen-bond donors (Lipinski definition) is 4. The van der Waals surface area contributed by atoms with E-state index >= 15 is 0 Å². The molecule has 6 heteroatoms. The average Bonchev–Trinajstić information content (AvgIpc) is 3.26. The highest BCUT2D eigenvalue weighted by molar-refractivity contribution is 5.87. The summed E-state index contributed by atoms with van der Waals surface area (Å²) in [5.41, 5.74) is 7.73. The van der Waals surface area contributed by atoms with Crippen LogP contribution in [0.5, 0.6) is 0 Å². The Hall–Kier alpha value is -2.13. The first-order valence-electron chi connectivity index (χ1n) is 12.3. The van der Waals surface area contributed by atoms with E-state index in [1.807, 2.05) is 40.8 Å². The fourth-order valence-electron chi connectivity index (χ4n) is 3.07. The molecule has 1 fully saturated rings. The van der Waals surface area contributed by atoms with Gasteiger partial charge in [-0.3, -0.25) is 4.79 Å². The maximum atomic E-state index is 11.1. The summed E-state index contributed by atoms with van der Waals surface area (Å²) < 4.78 is 0. The smallest absolute Gasteiger partial charge is 0.223 e. The molecule has 1 amide bonds. The van der Waals surface area contributed by atoms with Crippen molar-refractivity contribution in [2.24, 2.45) is 17.6 Å². The molecule has 1 aliphatic heterocycles. The van der Waals surface area contributed by atoms with Crippen LogP contribution in [0.4, 0.5) is 0 Å². The number of aryl methyl sites for hydroxylation is 1. The summed E-state index contributed by atoms with van der Waals surface area (Å²) >= 11 is 0. The molecule has 0 bridgehead atoms. The Labute approximate surface area is 198 Å². The van der Waals surface area contributed by atoms with Gasteiger partial charge in [-0.25, -0.2) is 4.98 Å². The topological polar surface area (TPSA) is 108 Å². The molecule has 0 radical (unpaired) electrons. The van der Waals surface area contributed by atoms with Gasteiger partial charge in [-0.15, -0.1) is 12.8 Å². The van der Waals surface area contributed by atoms with Gasteiger partial charge in [0, 0.05) is 30.4 Å². The minimum absolute atomic E-state index is 0.0706. The molecule has 2 rings (SSSR count). The Kier molecular flexibility index (Phi) is 25.4. The van der Waals surface area contributed by atoms with Crippen molar-refractivity contribution >= 4 is 11.6 Å². The Bertz CT molecular complexity index is 594. The predicted molar refractivity (Wildman–Crippen MR) is 140 cm³/mol. The van der Waals surface area contributed by atoms with Crippen molar-refractivity contribution in [3.05, 3.63) is 17.7 Å². The van der Waals surface area contributed by atoms with E-state index in [1.165, 1.54) is 19.3 Å². The summed E-state index contributed by atoms with van der Waals surface area (Å²) in [5, 5.41) is 10.0. The fraction of sp³-hybridized carbons (Fsp3) is 0.731. The molecular weight excluding hydrogens is 398 g/mol. The number of amides is 1. The number of aromatic amines is 1. The van der Waals surface area contributed by atoms with Crippen LogP contribution in [-0.2, 0) is 4.79 Å². The van der Waals surface area contributed by atoms with E-state index in [0.29, 0.717) is 12.1 Å². The molecule has 0 spiro atoms. The number of piperidine rings is 1. The van der Waals surface area contributed by atoms with Gasteiger partial charge in [0.05, 0.1) is 5.69 Å². The lowest BCUT2D eigenvalue weighted by atomic mass is 9.93. The molecule has 0 aliphatic carbocycles. The third kappa shape index (κ3) is 17.5. The van der Waals surface area contributed by atoms with E-state index in [-0.39, 0.29) is 17.9 Å². The molecule has 3 atom stereocenters. The van der Waals surface area contributed by atoms with Crippen LogP contribution in [0.3, 0.4) is 0 Å². The van der Waals surface area contributed by atoms with Crippen LogP contribution in [0.2, 0.25) is 0 Å². The highest BCUT2D eigenvalue weighted by atomic mass is 16.1. The van der Waals surface area contributed by atoms with Gasteiger partial charge in [0.2, 0.25) is 5.91 Å². The number of terminal acetylenes is 1. The summed E-state index contributed by atoms with van der Waals surface area (Å²) in [6.45, 7) is 17.1. The fourth-order valence-corrected chi connectivity index (χ4v) is 3.07. The number of nitrogens with zero attached hydrogens (tertiary/aromatic N) is 1. The van der Waals surface area contributed by atoms with Crippen LogP contribution in [0.25, 0.3) is 0 Å². The van der Waals surface area contributed by atoms with Crippen molar-refractivity contribution in [3.63, 3.8) is 0 Å². The van der Waals surface area contributed by atoms with Crippen LogP contribution >= 0.6 is 0 Å². The zero-order valence-corrected chi connectivity index (χ0v) is 22.1. The van der Waals surface area contributed by atoms with Gasteiger partial charge >= 0.3 is 0 Å². The lowest BCUT2D eigenvalue weighted by Crippen LogP contribution is -2.37. The molecular formula is C26H51N5O. The zero-order valence-electron chi connectivity index (χ0n) is 22.1. The molecule has 186 valence electrons. The number of carbonyl (C=O) groups is 1. The van der Waals surface area contributed by atoms with Crippen molar-refractivity contribution in [1.82, 2.24) is 15.3 Å². The normalized spacial score (nSPS) is 16.0. The molecule has 32 heavy (non-hydrogen) atoms.